The number of anilines is 3. The summed E-state index contributed by atoms with van der Waals surface area (Å²) in [5.41, 5.74) is 23.7. The zero-order chi connectivity index (χ0) is 42.9. The molecule has 0 atom stereocenters. The number of rotatable bonds is 5. The van der Waals surface area contributed by atoms with Crippen molar-refractivity contribution in [3.05, 3.63) is 172 Å². The monoisotopic (exact) mass is 809 g/mol. The minimum atomic E-state index is -0.181. The van der Waals surface area contributed by atoms with E-state index in [4.69, 9.17) is 4.42 Å². The Kier molecular flexibility index (Phi) is 8.70. The van der Waals surface area contributed by atoms with Crippen LogP contribution in [0, 0.1) is 13.8 Å². The largest absolute Gasteiger partial charge is 0.454 e. The van der Waals surface area contributed by atoms with Crippen LogP contribution in [0.2, 0.25) is 0 Å². The van der Waals surface area contributed by atoms with Gasteiger partial charge in [0.05, 0.1) is 5.69 Å². The van der Waals surface area contributed by atoms with E-state index in [0.717, 1.165) is 28.2 Å². The zero-order valence-electron chi connectivity index (χ0n) is 38.1. The molecule has 11 rings (SSSR count). The molecule has 2 heteroatoms. The van der Waals surface area contributed by atoms with Crippen LogP contribution in [0.4, 0.5) is 17.1 Å². The van der Waals surface area contributed by atoms with E-state index in [1.165, 1.54) is 121 Å². The highest BCUT2D eigenvalue weighted by molar-refractivity contribution is 6.13. The number of para-hydroxylation sites is 1. The third kappa shape index (κ3) is 5.89. The normalized spacial score (nSPS) is 16.3. The van der Waals surface area contributed by atoms with Crippen molar-refractivity contribution < 1.29 is 4.42 Å². The van der Waals surface area contributed by atoms with Gasteiger partial charge in [-0.25, -0.2) is 0 Å². The van der Waals surface area contributed by atoms with Crippen molar-refractivity contribution in [2.45, 2.75) is 117 Å². The van der Waals surface area contributed by atoms with Gasteiger partial charge in [-0.2, -0.15) is 0 Å². The van der Waals surface area contributed by atoms with Crippen molar-refractivity contribution in [3.63, 3.8) is 0 Å². The molecule has 0 N–H and O–H groups in total. The Bertz CT molecular complexity index is 3120. The molecule has 1 fully saturated rings. The Morgan fingerprint density at radius 2 is 1.15 bits per heavy atom. The molecule has 0 spiro atoms. The van der Waals surface area contributed by atoms with E-state index in [9.17, 15) is 0 Å². The van der Waals surface area contributed by atoms with Crippen molar-refractivity contribution in [3.8, 4) is 33.4 Å². The summed E-state index contributed by atoms with van der Waals surface area (Å²) in [5.74, 6) is 0.520. The Labute approximate surface area is 368 Å². The molecule has 62 heavy (non-hydrogen) atoms. The lowest BCUT2D eigenvalue weighted by Crippen LogP contribution is -2.19. The van der Waals surface area contributed by atoms with Crippen LogP contribution in [0.15, 0.2) is 132 Å². The highest BCUT2D eigenvalue weighted by Gasteiger charge is 2.39. The minimum absolute atomic E-state index is 0.0679. The molecule has 3 aliphatic carbocycles. The smallest absolute Gasteiger partial charge is 0.159 e. The lowest BCUT2D eigenvalue weighted by Gasteiger charge is -2.30. The fourth-order valence-corrected chi connectivity index (χ4v) is 11.7. The predicted octanol–water partition coefficient (Wildman–Crippen LogP) is 17.3. The van der Waals surface area contributed by atoms with Gasteiger partial charge in [-0.1, -0.05) is 164 Å². The van der Waals surface area contributed by atoms with Crippen LogP contribution in [-0.4, -0.2) is 0 Å². The second-order valence-corrected chi connectivity index (χ2v) is 21.0. The van der Waals surface area contributed by atoms with Gasteiger partial charge in [0.15, 0.2) is 5.58 Å². The summed E-state index contributed by atoms with van der Waals surface area (Å²) in [6.07, 6.45) is 6.34. The molecule has 0 radical (unpaired) electrons. The number of benzene rings is 7. The fourth-order valence-electron chi connectivity index (χ4n) is 11.7. The van der Waals surface area contributed by atoms with E-state index in [1.807, 2.05) is 0 Å². The van der Waals surface area contributed by atoms with Gasteiger partial charge >= 0.3 is 0 Å². The second-order valence-electron chi connectivity index (χ2n) is 21.0. The van der Waals surface area contributed by atoms with Crippen LogP contribution in [0.3, 0.4) is 0 Å². The van der Waals surface area contributed by atoms with Crippen LogP contribution in [-0.2, 0) is 16.2 Å². The maximum absolute atomic E-state index is 7.40. The molecule has 7 aromatic carbocycles. The SMILES string of the molecule is Cc1ccc(-c2cc(N(c3ccc4c(c3)C(C)(C)c3ccccc3-4)c3ccc4c(c3)C(C)(C)c3cc(C(C)(C)C)ccc3-4)c3oc4c(C5CCCCC5)cccc4c3c2)c(C)c1. The maximum Gasteiger partial charge on any atom is 0.159 e. The van der Waals surface area contributed by atoms with Gasteiger partial charge in [-0.05, 0) is 147 Å². The summed E-state index contributed by atoms with van der Waals surface area (Å²) < 4.78 is 7.40. The van der Waals surface area contributed by atoms with Gasteiger partial charge in [-0.15, -0.1) is 0 Å². The summed E-state index contributed by atoms with van der Waals surface area (Å²) in [7, 11) is 0. The van der Waals surface area contributed by atoms with Gasteiger partial charge in [0.25, 0.3) is 0 Å². The van der Waals surface area contributed by atoms with Crippen molar-refractivity contribution in [1.29, 1.82) is 0 Å². The van der Waals surface area contributed by atoms with Gasteiger partial charge in [0.1, 0.15) is 5.58 Å². The summed E-state index contributed by atoms with van der Waals surface area (Å²) >= 11 is 0. The molecule has 2 nitrogen and oxygen atoms in total. The lowest BCUT2D eigenvalue weighted by molar-refractivity contribution is 0.442. The van der Waals surface area contributed by atoms with E-state index in [0.29, 0.717) is 5.92 Å². The van der Waals surface area contributed by atoms with E-state index in [1.54, 1.807) is 0 Å². The van der Waals surface area contributed by atoms with Crippen LogP contribution in [0.25, 0.3) is 55.3 Å². The highest BCUT2D eigenvalue weighted by atomic mass is 16.3. The molecule has 310 valence electrons. The zero-order valence-corrected chi connectivity index (χ0v) is 38.1. The Hall–Kier alpha value is -5.86. The predicted molar refractivity (Wildman–Crippen MR) is 263 cm³/mol. The number of hydrogen-bond acceptors (Lipinski definition) is 2. The molecule has 8 aromatic rings. The van der Waals surface area contributed by atoms with Crippen LogP contribution in [0.1, 0.15) is 131 Å². The van der Waals surface area contributed by atoms with E-state index >= 15 is 0 Å². The van der Waals surface area contributed by atoms with E-state index in [2.05, 4.69) is 195 Å². The molecule has 1 aromatic heterocycles. The first-order chi connectivity index (χ1) is 29.7. The van der Waals surface area contributed by atoms with Crippen molar-refractivity contribution in [2.24, 2.45) is 0 Å². The molecular weight excluding hydrogens is 751 g/mol. The number of furan rings is 1. The first kappa shape index (κ1) is 39.0. The van der Waals surface area contributed by atoms with Crippen LogP contribution in [0.5, 0.6) is 0 Å². The number of fused-ring (bicyclic) bond motifs is 9. The first-order valence-electron chi connectivity index (χ1n) is 23.1. The van der Waals surface area contributed by atoms with Crippen molar-refractivity contribution >= 4 is 39.0 Å². The number of hydrogen-bond donors (Lipinski definition) is 0. The Morgan fingerprint density at radius 3 is 1.82 bits per heavy atom. The highest BCUT2D eigenvalue weighted by Crippen LogP contribution is 2.55. The minimum Gasteiger partial charge on any atom is -0.454 e. The van der Waals surface area contributed by atoms with Gasteiger partial charge in [0.2, 0.25) is 0 Å². The molecule has 1 saturated carbocycles. The fraction of sp³-hybridized carbons (Fsp3) is 0.300. The quantitative estimate of drug-likeness (QED) is 0.172. The third-order valence-electron chi connectivity index (χ3n) is 15.2. The molecular formula is C60H59NO. The molecule has 0 unspecified atom stereocenters. The molecule has 0 bridgehead atoms. The average Bonchev–Trinajstić information content (AvgIpc) is 3.83. The maximum atomic E-state index is 7.40. The molecule has 3 aliphatic rings. The summed E-state index contributed by atoms with van der Waals surface area (Å²) in [6, 6.07) is 49.2. The number of nitrogens with zero attached hydrogens (tertiary/aromatic N) is 1. The van der Waals surface area contributed by atoms with Crippen molar-refractivity contribution in [2.75, 3.05) is 4.90 Å². The second kappa shape index (κ2) is 13.8. The molecule has 0 saturated heterocycles. The molecule has 0 amide bonds. The van der Waals surface area contributed by atoms with Gasteiger partial charge in [0, 0.05) is 33.0 Å². The Morgan fingerprint density at radius 1 is 0.532 bits per heavy atom. The molecule has 1 heterocycles. The lowest BCUT2D eigenvalue weighted by atomic mass is 9.79. The molecule has 0 aliphatic heterocycles. The van der Waals surface area contributed by atoms with E-state index < -0.39 is 0 Å². The standard InChI is InChI=1S/C60H59NO/c1-36-22-26-43(37(2)30-36)39-31-50-49-20-15-19-44(38-16-11-10-12-17-38)56(49)62-57(50)55(32-39)61(41-24-28-47-45-18-13-14-21-51(45)59(6,7)53(47)34-41)42-25-29-48-46-27-23-40(58(3,4)5)33-52(46)60(8,9)54(48)35-42/h13-15,18-35,38H,10-12,16-17H2,1-9H3. The summed E-state index contributed by atoms with van der Waals surface area (Å²) in [5, 5.41) is 2.38. The van der Waals surface area contributed by atoms with Crippen LogP contribution >= 0.6 is 0 Å². The topological polar surface area (TPSA) is 16.4 Å². The van der Waals surface area contributed by atoms with Gasteiger partial charge < -0.3 is 9.32 Å². The van der Waals surface area contributed by atoms with Gasteiger partial charge in [-0.3, -0.25) is 0 Å². The Balaban J connectivity index is 1.20. The van der Waals surface area contributed by atoms with Crippen LogP contribution < -0.4 is 4.90 Å². The third-order valence-corrected chi connectivity index (χ3v) is 15.2. The first-order valence-corrected chi connectivity index (χ1v) is 23.1. The number of aryl methyl sites for hydroxylation is 2. The van der Waals surface area contributed by atoms with Crippen molar-refractivity contribution in [1.82, 2.24) is 0 Å². The average molecular weight is 810 g/mol. The summed E-state index contributed by atoms with van der Waals surface area (Å²) in [4.78, 5) is 2.53. The van der Waals surface area contributed by atoms with E-state index in [-0.39, 0.29) is 16.2 Å². The summed E-state index contributed by atoms with van der Waals surface area (Å²) in [6.45, 7) is 21.0.